The summed E-state index contributed by atoms with van der Waals surface area (Å²) in [4.78, 5) is 0. The van der Waals surface area contributed by atoms with Crippen LogP contribution < -0.4 is 0 Å². The Kier molecular flexibility index (Phi) is 6.46. The smallest absolute Gasteiger partial charge is 0.0380 e. The zero-order valence-corrected chi connectivity index (χ0v) is 12.0. The van der Waals surface area contributed by atoms with Gasteiger partial charge in [-0.3, -0.25) is 0 Å². The van der Waals surface area contributed by atoms with Crippen LogP contribution in [0.5, 0.6) is 0 Å². The second-order valence-electron chi connectivity index (χ2n) is 6.07. The lowest BCUT2D eigenvalue weighted by Gasteiger charge is -2.23. The lowest BCUT2D eigenvalue weighted by molar-refractivity contribution is 0.274. The summed E-state index contributed by atoms with van der Waals surface area (Å²) in [6.07, 6.45) is 11.6. The van der Waals surface area contributed by atoms with Crippen molar-refractivity contribution in [2.24, 2.45) is 23.7 Å². The molecule has 0 heteroatoms. The zero-order chi connectivity index (χ0) is 12.0. The predicted molar refractivity (Wildman–Crippen MR) is 73.6 cm³/mol. The molecule has 1 rings (SSSR count). The van der Waals surface area contributed by atoms with Gasteiger partial charge >= 0.3 is 0 Å². The summed E-state index contributed by atoms with van der Waals surface area (Å²) in [5.74, 6) is 4.19. The minimum absolute atomic E-state index is 0.970. The molecule has 0 amide bonds. The van der Waals surface area contributed by atoms with Gasteiger partial charge in [-0.1, -0.05) is 66.2 Å². The standard InChI is InChI=1S/C16H32/c1-5-8-10-13(4)15(9-6-2)12-16-11-14(16)7-3/h13-16H,5-12H2,1-4H3. The first-order valence-corrected chi connectivity index (χ1v) is 7.72. The summed E-state index contributed by atoms with van der Waals surface area (Å²) in [6, 6.07) is 0. The summed E-state index contributed by atoms with van der Waals surface area (Å²) in [6.45, 7) is 9.53. The van der Waals surface area contributed by atoms with Crippen molar-refractivity contribution in [3.63, 3.8) is 0 Å². The molecule has 1 aliphatic carbocycles. The molecule has 4 atom stereocenters. The monoisotopic (exact) mass is 224 g/mol. The zero-order valence-electron chi connectivity index (χ0n) is 12.0. The van der Waals surface area contributed by atoms with Gasteiger partial charge in [0.25, 0.3) is 0 Å². The van der Waals surface area contributed by atoms with Crippen LogP contribution in [0.4, 0.5) is 0 Å². The Morgan fingerprint density at radius 3 is 2.25 bits per heavy atom. The van der Waals surface area contributed by atoms with Crippen molar-refractivity contribution in [3.8, 4) is 0 Å². The van der Waals surface area contributed by atoms with E-state index in [-0.39, 0.29) is 0 Å². The van der Waals surface area contributed by atoms with Crippen molar-refractivity contribution in [1.82, 2.24) is 0 Å². The minimum Gasteiger partial charge on any atom is -0.0654 e. The Balaban J connectivity index is 2.28. The van der Waals surface area contributed by atoms with Gasteiger partial charge in [0.2, 0.25) is 0 Å². The van der Waals surface area contributed by atoms with E-state index in [0.29, 0.717) is 0 Å². The van der Waals surface area contributed by atoms with Crippen LogP contribution in [-0.4, -0.2) is 0 Å². The van der Waals surface area contributed by atoms with E-state index < -0.39 is 0 Å². The van der Waals surface area contributed by atoms with Crippen molar-refractivity contribution in [2.45, 2.75) is 79.1 Å². The van der Waals surface area contributed by atoms with Crippen LogP contribution in [0.25, 0.3) is 0 Å². The minimum atomic E-state index is 0.970. The molecule has 0 spiro atoms. The molecule has 0 aromatic heterocycles. The first-order chi connectivity index (χ1) is 7.72. The quantitative estimate of drug-likeness (QED) is 0.473. The molecule has 0 bridgehead atoms. The highest BCUT2D eigenvalue weighted by Crippen LogP contribution is 2.47. The maximum atomic E-state index is 2.50. The van der Waals surface area contributed by atoms with E-state index >= 15 is 0 Å². The molecule has 1 aliphatic rings. The second kappa shape index (κ2) is 7.35. The molecule has 0 heterocycles. The molecule has 0 aromatic rings. The lowest BCUT2D eigenvalue weighted by Crippen LogP contribution is -2.13. The van der Waals surface area contributed by atoms with Crippen molar-refractivity contribution in [2.75, 3.05) is 0 Å². The van der Waals surface area contributed by atoms with Gasteiger partial charge in [0, 0.05) is 0 Å². The van der Waals surface area contributed by atoms with Crippen molar-refractivity contribution >= 4 is 0 Å². The maximum Gasteiger partial charge on any atom is -0.0380 e. The fourth-order valence-corrected chi connectivity index (χ4v) is 3.26. The average Bonchev–Trinajstić information content (AvgIpc) is 3.04. The third-order valence-corrected chi connectivity index (χ3v) is 4.68. The van der Waals surface area contributed by atoms with Gasteiger partial charge in [0.15, 0.2) is 0 Å². The predicted octanol–water partition coefficient (Wildman–Crippen LogP) is 5.67. The van der Waals surface area contributed by atoms with Gasteiger partial charge in [-0.15, -0.1) is 0 Å². The maximum absolute atomic E-state index is 2.50. The Bertz CT molecular complexity index is 173. The highest BCUT2D eigenvalue weighted by molar-refractivity contribution is 4.87. The van der Waals surface area contributed by atoms with E-state index in [1.54, 1.807) is 0 Å². The number of hydrogen-bond acceptors (Lipinski definition) is 0. The summed E-state index contributed by atoms with van der Waals surface area (Å²) in [7, 11) is 0. The molecular weight excluding hydrogens is 192 g/mol. The molecule has 0 N–H and O–H groups in total. The van der Waals surface area contributed by atoms with Gasteiger partial charge in [0.1, 0.15) is 0 Å². The first-order valence-electron chi connectivity index (χ1n) is 7.72. The molecule has 4 unspecified atom stereocenters. The average molecular weight is 224 g/mol. The summed E-state index contributed by atoms with van der Waals surface area (Å²) in [5, 5.41) is 0. The highest BCUT2D eigenvalue weighted by atomic mass is 14.4. The molecule has 0 aromatic carbocycles. The van der Waals surface area contributed by atoms with Gasteiger partial charge < -0.3 is 0 Å². The normalized spacial score (nSPS) is 27.8. The largest absolute Gasteiger partial charge is 0.0654 e. The molecule has 96 valence electrons. The Morgan fingerprint density at radius 2 is 1.75 bits per heavy atom. The van der Waals surface area contributed by atoms with Crippen molar-refractivity contribution in [3.05, 3.63) is 0 Å². The Labute approximate surface area is 103 Å². The van der Waals surface area contributed by atoms with Crippen LogP contribution in [0.2, 0.25) is 0 Å². The Hall–Kier alpha value is 0. The van der Waals surface area contributed by atoms with Crippen LogP contribution in [0.3, 0.4) is 0 Å². The van der Waals surface area contributed by atoms with Gasteiger partial charge in [-0.25, -0.2) is 0 Å². The molecular formula is C16H32. The van der Waals surface area contributed by atoms with Crippen LogP contribution in [0, 0.1) is 23.7 Å². The molecule has 0 saturated heterocycles. The molecule has 1 fully saturated rings. The third kappa shape index (κ3) is 4.47. The second-order valence-corrected chi connectivity index (χ2v) is 6.07. The fraction of sp³-hybridized carbons (Fsp3) is 1.00. The first kappa shape index (κ1) is 14.1. The van der Waals surface area contributed by atoms with Gasteiger partial charge in [0.05, 0.1) is 0 Å². The molecule has 0 aliphatic heterocycles. The molecule has 1 saturated carbocycles. The third-order valence-electron chi connectivity index (χ3n) is 4.68. The summed E-state index contributed by atoms with van der Waals surface area (Å²) in [5.41, 5.74) is 0. The molecule has 0 nitrogen and oxygen atoms in total. The summed E-state index contributed by atoms with van der Waals surface area (Å²) >= 11 is 0. The fourth-order valence-electron chi connectivity index (χ4n) is 3.26. The van der Waals surface area contributed by atoms with Crippen LogP contribution in [-0.2, 0) is 0 Å². The van der Waals surface area contributed by atoms with E-state index in [1.807, 2.05) is 0 Å². The van der Waals surface area contributed by atoms with Crippen LogP contribution in [0.15, 0.2) is 0 Å². The number of unbranched alkanes of at least 4 members (excludes halogenated alkanes) is 1. The van der Waals surface area contributed by atoms with Crippen molar-refractivity contribution in [1.29, 1.82) is 0 Å². The number of rotatable bonds is 9. The SMILES string of the molecule is CCCCC(C)C(CCC)CC1CC1CC. The molecule has 16 heavy (non-hydrogen) atoms. The highest BCUT2D eigenvalue weighted by Gasteiger charge is 2.37. The van der Waals surface area contributed by atoms with E-state index in [1.165, 1.54) is 51.4 Å². The van der Waals surface area contributed by atoms with Crippen molar-refractivity contribution < 1.29 is 0 Å². The van der Waals surface area contributed by atoms with E-state index in [9.17, 15) is 0 Å². The Morgan fingerprint density at radius 1 is 1.00 bits per heavy atom. The van der Waals surface area contributed by atoms with Gasteiger partial charge in [-0.2, -0.15) is 0 Å². The summed E-state index contributed by atoms with van der Waals surface area (Å²) < 4.78 is 0. The van der Waals surface area contributed by atoms with Gasteiger partial charge in [-0.05, 0) is 36.5 Å². The lowest BCUT2D eigenvalue weighted by atomic mass is 9.82. The van der Waals surface area contributed by atoms with Crippen LogP contribution >= 0.6 is 0 Å². The van der Waals surface area contributed by atoms with E-state index in [4.69, 9.17) is 0 Å². The number of hydrogen-bond donors (Lipinski definition) is 0. The topological polar surface area (TPSA) is 0 Å². The van der Waals surface area contributed by atoms with Crippen LogP contribution in [0.1, 0.15) is 79.1 Å². The van der Waals surface area contributed by atoms with E-state index in [0.717, 1.165) is 23.7 Å². The van der Waals surface area contributed by atoms with E-state index in [2.05, 4.69) is 27.7 Å². The molecule has 0 radical (unpaired) electrons.